The van der Waals surface area contributed by atoms with Crippen LogP contribution in [-0.4, -0.2) is 26.8 Å². The van der Waals surface area contributed by atoms with Gasteiger partial charge in [-0.25, -0.2) is 0 Å². The van der Waals surface area contributed by atoms with Gasteiger partial charge in [0, 0.05) is 20.2 Å². The van der Waals surface area contributed by atoms with E-state index in [-0.39, 0.29) is 5.41 Å². The van der Waals surface area contributed by atoms with Gasteiger partial charge in [-0.15, -0.1) is 0 Å². The lowest BCUT2D eigenvalue weighted by Gasteiger charge is -2.29. The van der Waals surface area contributed by atoms with Crippen LogP contribution in [-0.2, 0) is 17.3 Å². The van der Waals surface area contributed by atoms with E-state index < -0.39 is 11.7 Å². The van der Waals surface area contributed by atoms with Gasteiger partial charge in [-0.2, -0.15) is 13.2 Å². The summed E-state index contributed by atoms with van der Waals surface area (Å²) in [4.78, 5) is 0. The Bertz CT molecular complexity index is 434. The Morgan fingerprint density at radius 2 is 1.95 bits per heavy atom. The number of ether oxygens (including phenoxy) is 1. The predicted molar refractivity (Wildman–Crippen MR) is 78.3 cm³/mol. The van der Waals surface area contributed by atoms with Crippen LogP contribution in [0.25, 0.3) is 0 Å². The molecule has 120 valence electrons. The molecule has 0 saturated carbocycles. The molecule has 1 unspecified atom stereocenters. The predicted octanol–water partition coefficient (Wildman–Crippen LogP) is 3.90. The third-order valence-electron chi connectivity index (χ3n) is 3.77. The van der Waals surface area contributed by atoms with Gasteiger partial charge in [-0.1, -0.05) is 32.0 Å². The summed E-state index contributed by atoms with van der Waals surface area (Å²) in [6, 6.07) is 5.61. The van der Waals surface area contributed by atoms with Crippen molar-refractivity contribution in [2.24, 2.45) is 5.41 Å². The number of benzene rings is 1. The molecule has 0 bridgehead atoms. The van der Waals surface area contributed by atoms with Crippen molar-refractivity contribution in [1.82, 2.24) is 5.32 Å². The fourth-order valence-electron chi connectivity index (χ4n) is 2.23. The molecule has 0 spiro atoms. The average molecular weight is 303 g/mol. The van der Waals surface area contributed by atoms with Crippen LogP contribution in [0.2, 0.25) is 0 Å². The highest BCUT2D eigenvalue weighted by Gasteiger charge is 2.31. The number of nitrogens with one attached hydrogen (secondary N) is 1. The molecule has 1 N–H and O–H groups in total. The second-order valence-corrected chi connectivity index (χ2v) is 5.71. The van der Waals surface area contributed by atoms with Crippen molar-refractivity contribution >= 4 is 0 Å². The molecule has 1 aromatic rings. The van der Waals surface area contributed by atoms with Gasteiger partial charge in [0.2, 0.25) is 0 Å². The molecule has 5 heteroatoms. The molecule has 0 aliphatic heterocycles. The number of hydrogen-bond acceptors (Lipinski definition) is 2. The summed E-state index contributed by atoms with van der Waals surface area (Å²) in [5.74, 6) is 0. The Kier molecular flexibility index (Phi) is 6.68. The lowest BCUT2D eigenvalue weighted by Crippen LogP contribution is -2.35. The number of hydrogen-bond donors (Lipinski definition) is 1. The summed E-state index contributed by atoms with van der Waals surface area (Å²) in [6.45, 7) is 6.28. The van der Waals surface area contributed by atoms with Gasteiger partial charge >= 0.3 is 6.18 Å². The summed E-state index contributed by atoms with van der Waals surface area (Å²) in [7, 11) is 1.64. The minimum Gasteiger partial charge on any atom is -0.383 e. The maximum atomic E-state index is 12.7. The van der Waals surface area contributed by atoms with E-state index in [2.05, 4.69) is 19.2 Å². The third-order valence-corrected chi connectivity index (χ3v) is 3.77. The highest BCUT2D eigenvalue weighted by Crippen LogP contribution is 2.32. The van der Waals surface area contributed by atoms with Crippen LogP contribution in [0.5, 0.6) is 0 Å². The van der Waals surface area contributed by atoms with E-state index in [4.69, 9.17) is 4.74 Å². The first-order valence-corrected chi connectivity index (χ1v) is 7.16. The fourth-order valence-corrected chi connectivity index (χ4v) is 2.23. The van der Waals surface area contributed by atoms with E-state index in [1.807, 2.05) is 0 Å². The van der Waals surface area contributed by atoms with Crippen LogP contribution in [0.3, 0.4) is 0 Å². The van der Waals surface area contributed by atoms with Crippen molar-refractivity contribution < 1.29 is 17.9 Å². The molecule has 0 aliphatic carbocycles. The monoisotopic (exact) mass is 303 g/mol. The Morgan fingerprint density at radius 3 is 2.52 bits per heavy atom. The molecule has 0 aromatic heterocycles. The molecule has 1 atom stereocenters. The molecular formula is C16H24F3NO. The van der Waals surface area contributed by atoms with Crippen molar-refractivity contribution in [3.8, 4) is 0 Å². The maximum absolute atomic E-state index is 12.7. The van der Waals surface area contributed by atoms with Gasteiger partial charge in [0.05, 0.1) is 12.2 Å². The van der Waals surface area contributed by atoms with E-state index in [0.29, 0.717) is 13.0 Å². The number of halogens is 3. The van der Waals surface area contributed by atoms with Crippen LogP contribution >= 0.6 is 0 Å². The van der Waals surface area contributed by atoms with Crippen LogP contribution in [0.4, 0.5) is 13.2 Å². The van der Waals surface area contributed by atoms with Crippen molar-refractivity contribution in [3.63, 3.8) is 0 Å². The van der Waals surface area contributed by atoms with Crippen LogP contribution < -0.4 is 5.32 Å². The molecule has 0 heterocycles. The average Bonchev–Trinajstić information content (AvgIpc) is 2.43. The second kappa shape index (κ2) is 7.80. The molecule has 1 rings (SSSR count). The molecule has 0 amide bonds. The largest absolute Gasteiger partial charge is 0.416 e. The zero-order valence-electron chi connectivity index (χ0n) is 12.9. The minimum atomic E-state index is -4.28. The number of methoxy groups -OCH3 is 1. The first kappa shape index (κ1) is 18.0. The molecule has 21 heavy (non-hydrogen) atoms. The summed E-state index contributed by atoms with van der Waals surface area (Å²) < 4.78 is 43.2. The van der Waals surface area contributed by atoms with Gasteiger partial charge in [-0.3, -0.25) is 0 Å². The first-order valence-electron chi connectivity index (χ1n) is 7.16. The highest BCUT2D eigenvalue weighted by molar-refractivity contribution is 5.26. The smallest absolute Gasteiger partial charge is 0.383 e. The van der Waals surface area contributed by atoms with Gasteiger partial charge in [-0.05, 0) is 29.9 Å². The van der Waals surface area contributed by atoms with E-state index >= 15 is 0 Å². The standard InChI is InChI=1S/C16H24F3NO/c1-4-15(2,12-20-8-9-21-3)11-13-6-5-7-14(10-13)16(17,18)19/h5-7,10,20H,4,8-9,11-12H2,1-3H3. The maximum Gasteiger partial charge on any atom is 0.416 e. The van der Waals surface area contributed by atoms with Gasteiger partial charge in [0.15, 0.2) is 0 Å². The Hall–Kier alpha value is -1.07. The summed E-state index contributed by atoms with van der Waals surface area (Å²) >= 11 is 0. The molecule has 0 aliphatic rings. The van der Waals surface area contributed by atoms with Gasteiger partial charge < -0.3 is 10.1 Å². The van der Waals surface area contributed by atoms with E-state index in [1.165, 1.54) is 12.1 Å². The Morgan fingerprint density at radius 1 is 1.24 bits per heavy atom. The third kappa shape index (κ3) is 6.06. The quantitative estimate of drug-likeness (QED) is 0.735. The molecule has 0 saturated heterocycles. The lowest BCUT2D eigenvalue weighted by atomic mass is 9.81. The topological polar surface area (TPSA) is 21.3 Å². The van der Waals surface area contributed by atoms with Crippen molar-refractivity contribution in [3.05, 3.63) is 35.4 Å². The van der Waals surface area contributed by atoms with Gasteiger partial charge in [0.25, 0.3) is 0 Å². The zero-order valence-corrected chi connectivity index (χ0v) is 12.9. The van der Waals surface area contributed by atoms with Crippen molar-refractivity contribution in [2.45, 2.75) is 32.9 Å². The van der Waals surface area contributed by atoms with Crippen LogP contribution in [0, 0.1) is 5.41 Å². The van der Waals surface area contributed by atoms with Crippen LogP contribution in [0.15, 0.2) is 24.3 Å². The molecule has 1 aromatic carbocycles. The molecular weight excluding hydrogens is 279 g/mol. The molecule has 2 nitrogen and oxygen atoms in total. The second-order valence-electron chi connectivity index (χ2n) is 5.71. The summed E-state index contributed by atoms with van der Waals surface area (Å²) in [5, 5.41) is 3.30. The summed E-state index contributed by atoms with van der Waals surface area (Å²) in [6.07, 6.45) is -2.77. The molecule has 0 radical (unpaired) electrons. The van der Waals surface area contributed by atoms with E-state index in [0.717, 1.165) is 31.1 Å². The minimum absolute atomic E-state index is 0.0715. The Labute approximate surface area is 124 Å². The Balaban J connectivity index is 2.72. The first-order chi connectivity index (χ1) is 9.80. The normalized spacial score (nSPS) is 15.0. The van der Waals surface area contributed by atoms with Crippen molar-refractivity contribution in [2.75, 3.05) is 26.8 Å². The van der Waals surface area contributed by atoms with E-state index in [9.17, 15) is 13.2 Å². The lowest BCUT2D eigenvalue weighted by molar-refractivity contribution is -0.137. The SMILES string of the molecule is CCC(C)(CNCCOC)Cc1cccc(C(F)(F)F)c1. The van der Waals surface area contributed by atoms with Gasteiger partial charge in [0.1, 0.15) is 0 Å². The fraction of sp³-hybridized carbons (Fsp3) is 0.625. The van der Waals surface area contributed by atoms with Crippen LogP contribution in [0.1, 0.15) is 31.4 Å². The van der Waals surface area contributed by atoms with Crippen molar-refractivity contribution in [1.29, 1.82) is 0 Å². The highest BCUT2D eigenvalue weighted by atomic mass is 19.4. The summed E-state index contributed by atoms with van der Waals surface area (Å²) in [5.41, 5.74) is 0.0753. The zero-order chi connectivity index (χ0) is 15.9. The number of rotatable bonds is 8. The molecule has 0 fully saturated rings. The van der Waals surface area contributed by atoms with E-state index in [1.54, 1.807) is 13.2 Å². The number of alkyl halides is 3.